The van der Waals surface area contributed by atoms with E-state index in [1.807, 2.05) is 0 Å². The topological polar surface area (TPSA) is 34.6 Å². The second-order valence-corrected chi connectivity index (χ2v) is 7.63. The third kappa shape index (κ3) is 7.12. The Labute approximate surface area is 194 Å². The lowest BCUT2D eigenvalue weighted by atomic mass is 10.0. The van der Waals surface area contributed by atoms with Crippen molar-refractivity contribution in [3.05, 3.63) is 58.4 Å². The van der Waals surface area contributed by atoms with Gasteiger partial charge in [0.15, 0.2) is 0 Å². The summed E-state index contributed by atoms with van der Waals surface area (Å²) in [6.07, 6.45) is 4.30. The van der Waals surface area contributed by atoms with Crippen molar-refractivity contribution in [1.29, 1.82) is 0 Å². The highest BCUT2D eigenvalue weighted by atomic mass is 35.5. The molecule has 0 N–H and O–H groups in total. The van der Waals surface area contributed by atoms with Gasteiger partial charge in [-0.3, -0.25) is 4.98 Å². The molecule has 0 fully saturated rings. The second-order valence-electron chi connectivity index (χ2n) is 7.63. The Morgan fingerprint density at radius 2 is 1.63 bits per heavy atom. The van der Waals surface area contributed by atoms with E-state index in [-0.39, 0.29) is 24.8 Å². The van der Waals surface area contributed by atoms with Crippen LogP contribution in [0.15, 0.2) is 30.3 Å². The smallest absolute Gasteiger partial charge is 0.146 e. The first-order valence-corrected chi connectivity index (χ1v) is 10.7. The van der Waals surface area contributed by atoms with E-state index in [0.29, 0.717) is 13.2 Å². The lowest BCUT2D eigenvalue weighted by molar-refractivity contribution is 0.132. The molecule has 0 spiro atoms. The summed E-state index contributed by atoms with van der Waals surface area (Å²) in [4.78, 5) is 7.43. The van der Waals surface area contributed by atoms with E-state index in [4.69, 9.17) is 14.5 Å². The number of benzene rings is 1. The predicted molar refractivity (Wildman–Crippen MR) is 128 cm³/mol. The quantitative estimate of drug-likeness (QED) is 0.405. The molecule has 0 bridgehead atoms. The summed E-state index contributed by atoms with van der Waals surface area (Å²) in [5.41, 5.74) is 5.82. The molecule has 0 radical (unpaired) electrons. The highest BCUT2D eigenvalue weighted by Crippen LogP contribution is 2.34. The molecule has 0 saturated heterocycles. The Kier molecular flexibility index (Phi) is 12.3. The fourth-order valence-electron chi connectivity index (χ4n) is 3.99. The first-order valence-electron chi connectivity index (χ1n) is 10.7. The number of aromatic nitrogens is 1. The molecule has 1 aromatic carbocycles. The average Bonchev–Trinajstić information content (AvgIpc) is 3.18. The van der Waals surface area contributed by atoms with Crippen molar-refractivity contribution in [3.63, 3.8) is 0 Å². The fraction of sp³-hybridized carbons (Fsp3) is 0.542. The zero-order valence-corrected chi connectivity index (χ0v) is 20.1. The molecule has 0 saturated carbocycles. The summed E-state index contributed by atoms with van der Waals surface area (Å²) in [7, 11) is 0. The standard InChI is InChI=1S/C24H34N2O2.2ClH/c1-4-12-26(13-5-2)14-9-15-28-24-19(3)25-23(21-17-27-18-22(21)24)16-20-10-7-6-8-11-20;;/h6-8,10-11H,4-5,9,12-18H2,1-3H3;2*1H. The molecule has 1 aliphatic heterocycles. The monoisotopic (exact) mass is 454 g/mol. The van der Waals surface area contributed by atoms with E-state index in [1.54, 1.807) is 0 Å². The van der Waals surface area contributed by atoms with Gasteiger partial charge in [0, 0.05) is 24.1 Å². The normalized spacial score (nSPS) is 12.3. The number of nitrogens with zero attached hydrogens (tertiary/aromatic N) is 2. The van der Waals surface area contributed by atoms with Crippen LogP contribution >= 0.6 is 24.8 Å². The van der Waals surface area contributed by atoms with Gasteiger partial charge in [-0.1, -0.05) is 44.2 Å². The number of fused-ring (bicyclic) bond motifs is 1. The minimum atomic E-state index is 0. The van der Waals surface area contributed by atoms with Crippen LogP contribution in [-0.4, -0.2) is 36.1 Å². The van der Waals surface area contributed by atoms with Crippen molar-refractivity contribution in [2.24, 2.45) is 0 Å². The van der Waals surface area contributed by atoms with E-state index in [9.17, 15) is 0 Å². The fourth-order valence-corrected chi connectivity index (χ4v) is 3.99. The molecule has 30 heavy (non-hydrogen) atoms. The van der Waals surface area contributed by atoms with Crippen molar-refractivity contribution < 1.29 is 9.47 Å². The van der Waals surface area contributed by atoms with E-state index in [2.05, 4.69) is 56.0 Å². The van der Waals surface area contributed by atoms with Crippen molar-refractivity contribution >= 4 is 24.8 Å². The van der Waals surface area contributed by atoms with Crippen molar-refractivity contribution in [1.82, 2.24) is 9.88 Å². The molecule has 4 nitrogen and oxygen atoms in total. The maximum Gasteiger partial charge on any atom is 0.146 e. The lowest BCUT2D eigenvalue weighted by Crippen LogP contribution is -2.27. The first kappa shape index (κ1) is 26.7. The summed E-state index contributed by atoms with van der Waals surface area (Å²) < 4.78 is 12.0. The summed E-state index contributed by atoms with van der Waals surface area (Å²) >= 11 is 0. The van der Waals surface area contributed by atoms with Crippen LogP contribution in [0.3, 0.4) is 0 Å². The summed E-state index contributed by atoms with van der Waals surface area (Å²) in [5, 5.41) is 0. The SMILES string of the molecule is CCCN(CCC)CCCOc1c(C)nc(Cc2ccccc2)c2c1COC2.Cl.Cl. The Morgan fingerprint density at radius 3 is 2.30 bits per heavy atom. The van der Waals surface area contributed by atoms with Crippen LogP contribution in [0, 0.1) is 6.92 Å². The third-order valence-corrected chi connectivity index (χ3v) is 5.27. The molecule has 168 valence electrons. The van der Waals surface area contributed by atoms with Gasteiger partial charge < -0.3 is 14.4 Å². The predicted octanol–water partition coefficient (Wildman–Crippen LogP) is 5.75. The molecule has 0 amide bonds. The van der Waals surface area contributed by atoms with Gasteiger partial charge in [-0.2, -0.15) is 0 Å². The van der Waals surface area contributed by atoms with Crippen LogP contribution in [0.1, 0.15) is 61.2 Å². The van der Waals surface area contributed by atoms with Crippen molar-refractivity contribution in [2.45, 2.75) is 59.7 Å². The molecular formula is C24H36Cl2N2O2. The van der Waals surface area contributed by atoms with E-state index in [1.165, 1.54) is 42.6 Å². The Morgan fingerprint density at radius 1 is 0.967 bits per heavy atom. The van der Waals surface area contributed by atoms with Crippen LogP contribution in [0.4, 0.5) is 0 Å². The zero-order chi connectivity index (χ0) is 19.8. The van der Waals surface area contributed by atoms with Gasteiger partial charge in [0.05, 0.1) is 31.2 Å². The largest absolute Gasteiger partial charge is 0.491 e. The van der Waals surface area contributed by atoms with Gasteiger partial charge in [-0.25, -0.2) is 0 Å². The minimum Gasteiger partial charge on any atom is -0.491 e. The molecular weight excluding hydrogens is 419 g/mol. The first-order chi connectivity index (χ1) is 13.7. The molecule has 6 heteroatoms. The van der Waals surface area contributed by atoms with Crippen molar-refractivity contribution in [3.8, 4) is 5.75 Å². The molecule has 2 heterocycles. The van der Waals surface area contributed by atoms with E-state index >= 15 is 0 Å². The Balaban J connectivity index is 0.00000225. The number of rotatable bonds is 11. The number of hydrogen-bond acceptors (Lipinski definition) is 4. The van der Waals surface area contributed by atoms with E-state index in [0.717, 1.165) is 43.1 Å². The van der Waals surface area contributed by atoms with Gasteiger partial charge >= 0.3 is 0 Å². The highest BCUT2D eigenvalue weighted by molar-refractivity contribution is 5.85. The van der Waals surface area contributed by atoms with Crippen LogP contribution in [0.25, 0.3) is 0 Å². The van der Waals surface area contributed by atoms with Gasteiger partial charge in [0.2, 0.25) is 0 Å². The third-order valence-electron chi connectivity index (χ3n) is 5.27. The van der Waals surface area contributed by atoms with Crippen LogP contribution < -0.4 is 4.74 Å². The molecule has 2 aromatic rings. The summed E-state index contributed by atoms with van der Waals surface area (Å²) in [6, 6.07) is 10.5. The number of aryl methyl sites for hydroxylation is 1. The number of hydrogen-bond donors (Lipinski definition) is 0. The zero-order valence-electron chi connectivity index (χ0n) is 18.5. The Hall–Kier alpha value is -1.33. The minimum absolute atomic E-state index is 0. The van der Waals surface area contributed by atoms with Gasteiger partial charge in [-0.05, 0) is 44.8 Å². The summed E-state index contributed by atoms with van der Waals surface area (Å²) in [5.74, 6) is 0.946. The van der Waals surface area contributed by atoms with Crippen LogP contribution in [0.5, 0.6) is 5.75 Å². The molecule has 1 aliphatic rings. The number of ether oxygens (including phenoxy) is 2. The van der Waals surface area contributed by atoms with Gasteiger partial charge in [0.1, 0.15) is 5.75 Å². The van der Waals surface area contributed by atoms with Crippen LogP contribution in [-0.2, 0) is 24.4 Å². The maximum atomic E-state index is 6.22. The van der Waals surface area contributed by atoms with Gasteiger partial charge in [0.25, 0.3) is 0 Å². The molecule has 1 aromatic heterocycles. The molecule has 0 unspecified atom stereocenters. The molecule has 0 aliphatic carbocycles. The Bertz CT molecular complexity index is 751. The van der Waals surface area contributed by atoms with Gasteiger partial charge in [-0.15, -0.1) is 24.8 Å². The van der Waals surface area contributed by atoms with Crippen molar-refractivity contribution in [2.75, 3.05) is 26.2 Å². The number of halogens is 2. The lowest BCUT2D eigenvalue weighted by Gasteiger charge is -2.21. The second kappa shape index (κ2) is 13.9. The molecule has 3 rings (SSSR count). The molecule has 0 atom stereocenters. The summed E-state index contributed by atoms with van der Waals surface area (Å²) in [6.45, 7) is 12.0. The number of pyridine rings is 1. The van der Waals surface area contributed by atoms with Crippen LogP contribution in [0.2, 0.25) is 0 Å². The van der Waals surface area contributed by atoms with E-state index < -0.39 is 0 Å². The maximum absolute atomic E-state index is 6.22. The average molecular weight is 455 g/mol. The highest BCUT2D eigenvalue weighted by Gasteiger charge is 2.23.